The summed E-state index contributed by atoms with van der Waals surface area (Å²) in [6.07, 6.45) is 0. The average Bonchev–Trinajstić information content (AvgIpc) is 2.68. The number of carbonyl (C=O) groups excluding carboxylic acids is 2. The first kappa shape index (κ1) is 20.8. The van der Waals surface area contributed by atoms with Gasteiger partial charge in [-0.25, -0.2) is 9.59 Å². The van der Waals surface area contributed by atoms with Crippen LogP contribution in [0.4, 0.5) is 4.79 Å². The van der Waals surface area contributed by atoms with Gasteiger partial charge in [0.2, 0.25) is 0 Å². The Balaban J connectivity index is 2.59. The van der Waals surface area contributed by atoms with Crippen molar-refractivity contribution in [3.05, 3.63) is 41.1 Å². The molecule has 0 bridgehead atoms. The van der Waals surface area contributed by atoms with E-state index in [0.717, 1.165) is 18.7 Å². The van der Waals surface area contributed by atoms with Crippen molar-refractivity contribution in [1.82, 2.24) is 15.1 Å². The first-order valence-electron chi connectivity index (χ1n) is 9.27. The molecule has 0 aromatic heterocycles. The second kappa shape index (κ2) is 9.41. The highest BCUT2D eigenvalue weighted by Gasteiger charge is 2.37. The van der Waals surface area contributed by atoms with Crippen LogP contribution in [0.1, 0.15) is 32.4 Å². The van der Waals surface area contributed by atoms with Gasteiger partial charge in [0.1, 0.15) is 5.75 Å². The molecule has 1 N–H and O–H groups in total. The minimum atomic E-state index is -0.589. The van der Waals surface area contributed by atoms with Crippen molar-refractivity contribution in [3.63, 3.8) is 0 Å². The molecule has 1 unspecified atom stereocenters. The predicted molar refractivity (Wildman–Crippen MR) is 103 cm³/mol. The third-order valence-electron chi connectivity index (χ3n) is 4.77. The van der Waals surface area contributed by atoms with Crippen molar-refractivity contribution >= 4 is 12.0 Å². The maximum absolute atomic E-state index is 12.8. The van der Waals surface area contributed by atoms with Crippen molar-refractivity contribution in [3.8, 4) is 5.75 Å². The molecule has 1 aliphatic heterocycles. The highest BCUT2D eigenvalue weighted by Crippen LogP contribution is 2.32. The van der Waals surface area contributed by atoms with Crippen LogP contribution in [0.2, 0.25) is 0 Å². The lowest BCUT2D eigenvalue weighted by Gasteiger charge is -2.36. The van der Waals surface area contributed by atoms with Crippen LogP contribution < -0.4 is 10.1 Å². The molecule has 2 amide bonds. The molecule has 1 atom stereocenters. The number of hydrogen-bond donors (Lipinski definition) is 1. The van der Waals surface area contributed by atoms with E-state index in [-0.39, 0.29) is 12.6 Å². The van der Waals surface area contributed by atoms with Gasteiger partial charge in [-0.3, -0.25) is 9.80 Å². The van der Waals surface area contributed by atoms with Gasteiger partial charge in [0.15, 0.2) is 0 Å². The van der Waals surface area contributed by atoms with Crippen LogP contribution in [0.25, 0.3) is 0 Å². The van der Waals surface area contributed by atoms with E-state index in [4.69, 9.17) is 9.47 Å². The van der Waals surface area contributed by atoms with Crippen molar-refractivity contribution in [2.45, 2.75) is 26.8 Å². The number of urea groups is 1. The minimum Gasteiger partial charge on any atom is -0.497 e. The molecular weight excluding hydrogens is 346 g/mol. The number of ether oxygens (including phenoxy) is 2. The summed E-state index contributed by atoms with van der Waals surface area (Å²) in [7, 11) is 3.26. The topological polar surface area (TPSA) is 71.1 Å². The lowest BCUT2D eigenvalue weighted by Crippen LogP contribution is -2.49. The van der Waals surface area contributed by atoms with Crippen LogP contribution in [0.5, 0.6) is 5.75 Å². The summed E-state index contributed by atoms with van der Waals surface area (Å²) >= 11 is 0. The van der Waals surface area contributed by atoms with Crippen LogP contribution >= 0.6 is 0 Å². The number of esters is 1. The predicted octanol–water partition coefficient (Wildman–Crippen LogP) is 2.55. The van der Waals surface area contributed by atoms with Gasteiger partial charge in [-0.2, -0.15) is 0 Å². The molecular formula is C20H29N3O4. The molecule has 0 fully saturated rings. The van der Waals surface area contributed by atoms with Gasteiger partial charge in [-0.15, -0.1) is 0 Å². The van der Waals surface area contributed by atoms with E-state index in [0.29, 0.717) is 23.6 Å². The molecule has 7 heteroatoms. The molecule has 0 aliphatic carbocycles. The summed E-state index contributed by atoms with van der Waals surface area (Å²) in [4.78, 5) is 29.1. The summed E-state index contributed by atoms with van der Waals surface area (Å²) in [6, 6.07) is 6.51. The number of rotatable bonds is 8. The van der Waals surface area contributed by atoms with Gasteiger partial charge < -0.3 is 14.8 Å². The van der Waals surface area contributed by atoms with Crippen LogP contribution in [0.3, 0.4) is 0 Å². The maximum atomic E-state index is 12.8. The SMILES string of the molecule is CCOC(=O)C1=C(CN(CC)CC)N(C)C(=O)NC1c1cccc(OC)c1. The van der Waals surface area contributed by atoms with Gasteiger partial charge in [0, 0.05) is 19.3 Å². The van der Waals surface area contributed by atoms with Gasteiger partial charge >= 0.3 is 12.0 Å². The third kappa shape index (κ3) is 4.60. The number of benzene rings is 1. The smallest absolute Gasteiger partial charge is 0.338 e. The summed E-state index contributed by atoms with van der Waals surface area (Å²) in [5.74, 6) is 0.244. The highest BCUT2D eigenvalue weighted by atomic mass is 16.5. The molecule has 0 radical (unpaired) electrons. The molecule has 0 saturated heterocycles. The molecule has 148 valence electrons. The standard InChI is InChI=1S/C20H29N3O4/c1-6-23(7-2)13-16-17(19(24)27-8-3)18(21-20(25)22(16)4)14-10-9-11-15(12-14)26-5/h9-12,18H,6-8,13H2,1-5H3,(H,21,25). The number of amides is 2. The summed E-state index contributed by atoms with van der Waals surface area (Å²) < 4.78 is 10.6. The molecule has 27 heavy (non-hydrogen) atoms. The Morgan fingerprint density at radius 3 is 2.56 bits per heavy atom. The number of nitrogens with zero attached hydrogens (tertiary/aromatic N) is 2. The zero-order chi connectivity index (χ0) is 20.0. The van der Waals surface area contributed by atoms with E-state index in [1.54, 1.807) is 21.1 Å². The quantitative estimate of drug-likeness (QED) is 0.707. The fraction of sp³-hybridized carbons (Fsp3) is 0.500. The average molecular weight is 375 g/mol. The van der Waals surface area contributed by atoms with E-state index in [2.05, 4.69) is 24.1 Å². The summed E-state index contributed by atoms with van der Waals surface area (Å²) in [5, 5.41) is 2.92. The zero-order valence-electron chi connectivity index (χ0n) is 16.7. The second-order valence-corrected chi connectivity index (χ2v) is 6.26. The summed E-state index contributed by atoms with van der Waals surface area (Å²) in [6.45, 7) is 8.26. The third-order valence-corrected chi connectivity index (χ3v) is 4.77. The van der Waals surface area contributed by atoms with E-state index in [9.17, 15) is 9.59 Å². The normalized spacial score (nSPS) is 17.2. The fourth-order valence-corrected chi connectivity index (χ4v) is 3.13. The van der Waals surface area contributed by atoms with Crippen LogP contribution in [-0.2, 0) is 9.53 Å². The van der Waals surface area contributed by atoms with E-state index in [1.165, 1.54) is 4.90 Å². The Morgan fingerprint density at radius 2 is 1.96 bits per heavy atom. The van der Waals surface area contributed by atoms with Crippen molar-refractivity contribution < 1.29 is 19.1 Å². The van der Waals surface area contributed by atoms with E-state index < -0.39 is 12.0 Å². The molecule has 1 aromatic rings. The van der Waals surface area contributed by atoms with Gasteiger partial charge in [-0.1, -0.05) is 26.0 Å². The monoisotopic (exact) mass is 375 g/mol. The highest BCUT2D eigenvalue weighted by molar-refractivity contribution is 5.95. The molecule has 0 spiro atoms. The maximum Gasteiger partial charge on any atom is 0.338 e. The second-order valence-electron chi connectivity index (χ2n) is 6.26. The van der Waals surface area contributed by atoms with Gasteiger partial charge in [0.05, 0.1) is 25.3 Å². The first-order valence-corrected chi connectivity index (χ1v) is 9.27. The van der Waals surface area contributed by atoms with Crippen molar-refractivity contribution in [2.24, 2.45) is 0 Å². The number of hydrogen-bond acceptors (Lipinski definition) is 5. The Kier molecular flexibility index (Phi) is 7.24. The fourth-order valence-electron chi connectivity index (χ4n) is 3.13. The number of carbonyl (C=O) groups is 2. The lowest BCUT2D eigenvalue weighted by molar-refractivity contribution is -0.139. The zero-order valence-corrected chi connectivity index (χ0v) is 16.7. The number of nitrogens with one attached hydrogen (secondary N) is 1. The minimum absolute atomic E-state index is 0.252. The van der Waals surface area contributed by atoms with Crippen LogP contribution in [-0.4, -0.2) is 62.2 Å². The number of likely N-dealkylation sites (N-methyl/N-ethyl adjacent to an activating group) is 2. The van der Waals surface area contributed by atoms with Crippen molar-refractivity contribution in [2.75, 3.05) is 40.4 Å². The van der Waals surface area contributed by atoms with Crippen LogP contribution in [0, 0.1) is 0 Å². The molecule has 0 saturated carbocycles. The Morgan fingerprint density at radius 1 is 1.26 bits per heavy atom. The largest absolute Gasteiger partial charge is 0.497 e. The van der Waals surface area contributed by atoms with E-state index in [1.807, 2.05) is 24.3 Å². The molecule has 2 rings (SSSR count). The number of methoxy groups -OCH3 is 1. The van der Waals surface area contributed by atoms with Crippen molar-refractivity contribution in [1.29, 1.82) is 0 Å². The Labute approximate surface area is 160 Å². The van der Waals surface area contributed by atoms with Crippen LogP contribution in [0.15, 0.2) is 35.5 Å². The Hall–Kier alpha value is -2.54. The molecule has 1 aliphatic rings. The Bertz CT molecular complexity index is 713. The molecule has 1 heterocycles. The molecule has 1 aromatic carbocycles. The lowest BCUT2D eigenvalue weighted by atomic mass is 9.94. The molecule has 7 nitrogen and oxygen atoms in total. The summed E-state index contributed by atoms with van der Waals surface area (Å²) in [5.41, 5.74) is 1.89. The first-order chi connectivity index (χ1) is 13.0. The van der Waals surface area contributed by atoms with Gasteiger partial charge in [-0.05, 0) is 37.7 Å². The van der Waals surface area contributed by atoms with Gasteiger partial charge in [0.25, 0.3) is 0 Å². The van der Waals surface area contributed by atoms with E-state index >= 15 is 0 Å².